The van der Waals surface area contributed by atoms with Gasteiger partial charge < -0.3 is 24.1 Å². The molecule has 10 heteroatoms. The molecule has 204 valence electrons. The Hall–Kier alpha value is -4.44. The van der Waals surface area contributed by atoms with Crippen molar-refractivity contribution in [1.29, 1.82) is 0 Å². The van der Waals surface area contributed by atoms with Crippen LogP contribution in [0.2, 0.25) is 0 Å². The third-order valence-electron chi connectivity index (χ3n) is 7.40. The van der Waals surface area contributed by atoms with E-state index in [1.54, 1.807) is 12.3 Å². The Morgan fingerprint density at radius 1 is 1.07 bits per heavy atom. The number of hydrogen-bond acceptors (Lipinski definition) is 7. The van der Waals surface area contributed by atoms with E-state index in [0.29, 0.717) is 27.9 Å². The highest BCUT2D eigenvalue weighted by Crippen LogP contribution is 2.44. The summed E-state index contributed by atoms with van der Waals surface area (Å²) in [6.07, 6.45) is 6.64. The average molecular weight is 557 g/mol. The van der Waals surface area contributed by atoms with E-state index in [1.165, 1.54) is 32.1 Å². The number of ether oxygens (including phenoxy) is 2. The predicted octanol–water partition coefficient (Wildman–Crippen LogP) is 6.76. The van der Waals surface area contributed by atoms with Gasteiger partial charge in [0.25, 0.3) is 5.69 Å². The van der Waals surface area contributed by atoms with Crippen molar-refractivity contribution in [3.05, 3.63) is 101 Å². The lowest BCUT2D eigenvalue weighted by Crippen LogP contribution is -2.29. The number of aromatic nitrogens is 1. The number of nitrogens with one attached hydrogen (secondary N) is 1. The molecule has 0 bridgehead atoms. The number of thiocarbonyl (C=S) groups is 1. The van der Waals surface area contributed by atoms with Gasteiger partial charge in [-0.3, -0.25) is 15.1 Å². The number of rotatable bonds is 8. The van der Waals surface area contributed by atoms with Crippen LogP contribution >= 0.6 is 12.2 Å². The molecule has 6 rings (SSSR count). The lowest BCUT2D eigenvalue weighted by atomic mass is 10.0. The number of nitro groups is 1. The minimum absolute atomic E-state index is 0.0560. The molecule has 0 radical (unpaired) electrons. The van der Waals surface area contributed by atoms with Gasteiger partial charge in [-0.05, 0) is 92.5 Å². The van der Waals surface area contributed by atoms with Crippen LogP contribution in [0.5, 0.6) is 11.5 Å². The Morgan fingerprint density at radius 3 is 2.58 bits per heavy atom. The molecule has 1 aliphatic carbocycles. The highest BCUT2D eigenvalue weighted by Gasteiger charge is 2.42. The number of non-ortho nitro benzene ring substituents is 1. The number of anilines is 1. The predicted molar refractivity (Wildman–Crippen MR) is 155 cm³/mol. The highest BCUT2D eigenvalue weighted by atomic mass is 32.1. The summed E-state index contributed by atoms with van der Waals surface area (Å²) < 4.78 is 18.0. The van der Waals surface area contributed by atoms with Crippen molar-refractivity contribution >= 4 is 28.7 Å². The molecule has 0 amide bonds. The first-order valence-corrected chi connectivity index (χ1v) is 13.6. The molecule has 40 heavy (non-hydrogen) atoms. The van der Waals surface area contributed by atoms with Crippen LogP contribution < -0.4 is 19.7 Å². The van der Waals surface area contributed by atoms with Crippen LogP contribution in [0.15, 0.2) is 83.4 Å². The van der Waals surface area contributed by atoms with E-state index in [-0.39, 0.29) is 23.9 Å². The molecule has 2 aromatic carbocycles. The molecular formula is C30H28N4O5S. The van der Waals surface area contributed by atoms with Crippen LogP contribution in [0, 0.1) is 10.1 Å². The first-order valence-electron chi connectivity index (χ1n) is 13.2. The van der Waals surface area contributed by atoms with E-state index in [1.807, 2.05) is 59.5 Å². The summed E-state index contributed by atoms with van der Waals surface area (Å²) in [5, 5.41) is 15.3. The fourth-order valence-electron chi connectivity index (χ4n) is 5.46. The van der Waals surface area contributed by atoms with Crippen LogP contribution in [0.4, 0.5) is 11.4 Å². The largest absolute Gasteiger partial charge is 0.496 e. The zero-order valence-electron chi connectivity index (χ0n) is 21.9. The summed E-state index contributed by atoms with van der Waals surface area (Å²) in [5.41, 5.74) is 2.27. The SMILES string of the molecule is COc1cc([N+](=O)[O-])ccc1-c1ccc([C@@H]2[C@@H](c3ccccn3)NC(=S)N2c2ccc(OC3CCCC3)cc2)o1. The first kappa shape index (κ1) is 25.8. The molecule has 1 N–H and O–H groups in total. The number of nitro benzene ring substituents is 1. The Labute approximate surface area is 236 Å². The van der Waals surface area contributed by atoms with Gasteiger partial charge in [0, 0.05) is 18.0 Å². The van der Waals surface area contributed by atoms with Crippen molar-refractivity contribution in [3.8, 4) is 22.8 Å². The average Bonchev–Trinajstić information content (AvgIpc) is 3.74. The Morgan fingerprint density at radius 2 is 1.88 bits per heavy atom. The van der Waals surface area contributed by atoms with Crippen molar-refractivity contribution in [2.75, 3.05) is 12.0 Å². The van der Waals surface area contributed by atoms with Crippen molar-refractivity contribution in [2.45, 2.75) is 43.9 Å². The standard InChI is InChI=1S/C30H28N4O5S/c1-37-27-18-20(34(35)36)11-14-23(27)25-15-16-26(39-25)29-28(24-8-4-5-17-31-24)32-30(40)33(29)19-9-12-22(13-10-19)38-21-6-2-3-7-21/h4-5,8-18,21,28-29H,2-3,6-7H2,1H3,(H,32,40)/t28-,29-/m1/s1. The Kier molecular flexibility index (Phi) is 7.08. The van der Waals surface area contributed by atoms with Gasteiger partial charge in [0.2, 0.25) is 0 Å². The molecule has 1 saturated carbocycles. The first-order chi connectivity index (χ1) is 19.5. The lowest BCUT2D eigenvalue weighted by molar-refractivity contribution is -0.384. The molecule has 2 fully saturated rings. The maximum atomic E-state index is 11.3. The van der Waals surface area contributed by atoms with Crippen LogP contribution in [0.1, 0.15) is 49.2 Å². The van der Waals surface area contributed by atoms with Crippen LogP contribution in [0.3, 0.4) is 0 Å². The van der Waals surface area contributed by atoms with Gasteiger partial charge in [0.1, 0.15) is 29.1 Å². The molecule has 9 nitrogen and oxygen atoms in total. The Balaban J connectivity index is 1.36. The van der Waals surface area contributed by atoms with E-state index in [2.05, 4.69) is 10.3 Å². The van der Waals surface area contributed by atoms with Crippen molar-refractivity contribution in [3.63, 3.8) is 0 Å². The van der Waals surface area contributed by atoms with Gasteiger partial charge in [-0.15, -0.1) is 0 Å². The second-order valence-electron chi connectivity index (χ2n) is 9.86. The van der Waals surface area contributed by atoms with E-state index in [0.717, 1.165) is 30.0 Å². The second kappa shape index (κ2) is 11.0. The zero-order chi connectivity index (χ0) is 27.6. The minimum atomic E-state index is -0.454. The van der Waals surface area contributed by atoms with Gasteiger partial charge >= 0.3 is 0 Å². The van der Waals surface area contributed by atoms with Crippen molar-refractivity contribution in [2.24, 2.45) is 0 Å². The summed E-state index contributed by atoms with van der Waals surface area (Å²) in [6.45, 7) is 0. The fourth-order valence-corrected chi connectivity index (χ4v) is 5.81. The molecule has 1 aliphatic heterocycles. The van der Waals surface area contributed by atoms with Gasteiger partial charge in [0.05, 0.1) is 41.5 Å². The normalized spacial score (nSPS) is 19.0. The molecular weight excluding hydrogens is 528 g/mol. The zero-order valence-corrected chi connectivity index (χ0v) is 22.7. The molecule has 2 atom stereocenters. The smallest absolute Gasteiger partial charge is 0.273 e. The van der Waals surface area contributed by atoms with E-state index in [9.17, 15) is 10.1 Å². The summed E-state index contributed by atoms with van der Waals surface area (Å²) in [7, 11) is 1.48. The molecule has 3 heterocycles. The molecule has 1 saturated heterocycles. The molecule has 4 aromatic rings. The van der Waals surface area contributed by atoms with E-state index in [4.69, 9.17) is 26.1 Å². The van der Waals surface area contributed by atoms with Crippen LogP contribution in [-0.4, -0.2) is 28.2 Å². The maximum absolute atomic E-state index is 11.3. The number of benzene rings is 2. The van der Waals surface area contributed by atoms with Crippen molar-refractivity contribution < 1.29 is 18.8 Å². The number of hydrogen-bond donors (Lipinski definition) is 1. The fraction of sp³-hybridized carbons (Fsp3) is 0.267. The third kappa shape index (κ3) is 4.98. The number of furan rings is 1. The van der Waals surface area contributed by atoms with Crippen LogP contribution in [-0.2, 0) is 0 Å². The van der Waals surface area contributed by atoms with Crippen molar-refractivity contribution in [1.82, 2.24) is 10.3 Å². The molecule has 2 aliphatic rings. The number of pyridine rings is 1. The maximum Gasteiger partial charge on any atom is 0.273 e. The minimum Gasteiger partial charge on any atom is -0.496 e. The summed E-state index contributed by atoms with van der Waals surface area (Å²) in [5.74, 6) is 2.38. The van der Waals surface area contributed by atoms with Gasteiger partial charge in [-0.25, -0.2) is 0 Å². The van der Waals surface area contributed by atoms with Gasteiger partial charge in [-0.1, -0.05) is 6.07 Å². The quantitative estimate of drug-likeness (QED) is 0.143. The molecule has 0 spiro atoms. The third-order valence-corrected chi connectivity index (χ3v) is 7.71. The number of nitrogens with zero attached hydrogens (tertiary/aromatic N) is 3. The van der Waals surface area contributed by atoms with Gasteiger partial charge in [0.15, 0.2) is 5.11 Å². The van der Waals surface area contributed by atoms with E-state index >= 15 is 0 Å². The monoisotopic (exact) mass is 556 g/mol. The topological polar surface area (TPSA) is 103 Å². The second-order valence-corrected chi connectivity index (χ2v) is 10.2. The summed E-state index contributed by atoms with van der Waals surface area (Å²) >= 11 is 5.83. The molecule has 0 unspecified atom stereocenters. The Bertz CT molecular complexity index is 1520. The number of methoxy groups -OCH3 is 1. The van der Waals surface area contributed by atoms with Gasteiger partial charge in [-0.2, -0.15) is 0 Å². The summed E-state index contributed by atoms with van der Waals surface area (Å²) in [4.78, 5) is 17.4. The summed E-state index contributed by atoms with van der Waals surface area (Å²) in [6, 6.07) is 21.3. The van der Waals surface area contributed by atoms with E-state index < -0.39 is 4.92 Å². The molecule has 2 aromatic heterocycles. The van der Waals surface area contributed by atoms with Crippen LogP contribution in [0.25, 0.3) is 11.3 Å². The lowest BCUT2D eigenvalue weighted by Gasteiger charge is -2.26. The highest BCUT2D eigenvalue weighted by molar-refractivity contribution is 7.80.